The fraction of sp³-hybridized carbons (Fsp3) is 0.167. The Labute approximate surface area is 203 Å². The van der Waals surface area contributed by atoms with Crippen LogP contribution in [-0.4, -0.2) is 47.6 Å². The summed E-state index contributed by atoms with van der Waals surface area (Å²) in [5.74, 6) is -1.76. The molecule has 2 aliphatic heterocycles. The molecular weight excluding hydrogens is 457 g/mol. The number of hydrogen-bond acceptors (Lipinski definition) is 8. The number of ether oxygens (including phenoxy) is 1. The Morgan fingerprint density at radius 3 is 2.44 bits per heavy atom. The number of fused-ring (bicyclic) bond motifs is 4. The normalized spacial score (nSPS) is 19.1. The molecule has 2 bridgehead atoms. The summed E-state index contributed by atoms with van der Waals surface area (Å²) in [6, 6.07) is 8.60. The van der Waals surface area contributed by atoms with E-state index in [2.05, 4.69) is 9.60 Å². The van der Waals surface area contributed by atoms with Crippen LogP contribution in [-0.2, 0) is 19.5 Å². The van der Waals surface area contributed by atoms with E-state index in [1.54, 1.807) is 30.3 Å². The largest absolute Gasteiger partial charge is 1.00 e. The summed E-state index contributed by atoms with van der Waals surface area (Å²) in [7, 11) is -5.10. The number of carboxylic acid groups (broad SMARTS) is 1. The van der Waals surface area contributed by atoms with Gasteiger partial charge in [-0.3, -0.25) is 9.87 Å². The summed E-state index contributed by atoms with van der Waals surface area (Å²) < 4.78 is 41.1. The fourth-order valence-corrected chi connectivity index (χ4v) is 4.01. The number of hydroxylamine groups is 2. The zero-order valence-electron chi connectivity index (χ0n) is 16.5. The maximum atomic E-state index is 12.6. The van der Waals surface area contributed by atoms with Gasteiger partial charge in [-0.1, -0.05) is 30.3 Å². The number of carbonyl (C=O) groups is 3. The monoisotopic (exact) mass is 471 g/mol. The predicted molar refractivity (Wildman–Crippen MR) is 99.6 cm³/mol. The van der Waals surface area contributed by atoms with E-state index in [1.807, 2.05) is 0 Å². The number of carboxylic acids is 1. The Hall–Kier alpha value is -2.68. The van der Waals surface area contributed by atoms with Gasteiger partial charge in [-0.25, -0.2) is 9.59 Å². The van der Waals surface area contributed by atoms with Gasteiger partial charge in [0.1, 0.15) is 11.8 Å². The van der Waals surface area contributed by atoms with Gasteiger partial charge in [0.05, 0.1) is 18.6 Å². The molecule has 162 valence electrons. The first-order chi connectivity index (χ1) is 14.7. The third kappa shape index (κ3) is 4.57. The quantitative estimate of drug-likeness (QED) is 0.358. The van der Waals surface area contributed by atoms with Crippen molar-refractivity contribution in [2.45, 2.75) is 12.1 Å². The molecule has 2 heterocycles. The molecule has 0 radical (unpaired) electrons. The van der Waals surface area contributed by atoms with E-state index in [-0.39, 0.29) is 53.0 Å². The van der Waals surface area contributed by atoms with Gasteiger partial charge >= 0.3 is 52.1 Å². The molecule has 2 aromatic carbocycles. The van der Waals surface area contributed by atoms with Crippen molar-refractivity contribution in [1.29, 1.82) is 0 Å². The summed E-state index contributed by atoms with van der Waals surface area (Å²) >= 11 is 0. The van der Waals surface area contributed by atoms with Crippen LogP contribution in [0.4, 0.5) is 15.3 Å². The Bertz CT molecular complexity index is 1180. The van der Waals surface area contributed by atoms with Crippen LogP contribution in [0.5, 0.6) is 5.75 Å². The smallest absolute Gasteiger partial charge is 0.548 e. The van der Waals surface area contributed by atoms with Crippen molar-refractivity contribution in [2.24, 2.45) is 0 Å². The molecule has 2 aromatic rings. The second kappa shape index (κ2) is 9.05. The maximum absolute atomic E-state index is 12.6. The van der Waals surface area contributed by atoms with Gasteiger partial charge in [0.2, 0.25) is 0 Å². The van der Waals surface area contributed by atoms with Crippen molar-refractivity contribution in [3.8, 4) is 5.75 Å². The minimum absolute atomic E-state index is 0. The molecule has 0 aromatic heterocycles. The summed E-state index contributed by atoms with van der Waals surface area (Å²) in [4.78, 5) is 37.5. The Kier molecular flexibility index (Phi) is 6.78. The van der Waals surface area contributed by atoms with Crippen molar-refractivity contribution in [2.75, 3.05) is 11.9 Å². The number of nitrogens with zero attached hydrogens (tertiary/aromatic N) is 2. The maximum Gasteiger partial charge on any atom is 1.00 e. The van der Waals surface area contributed by atoms with Crippen LogP contribution in [0.25, 0.3) is 0 Å². The zero-order chi connectivity index (χ0) is 22.3. The van der Waals surface area contributed by atoms with E-state index in [1.165, 1.54) is 18.2 Å². The zero-order valence-corrected chi connectivity index (χ0v) is 19.3. The van der Waals surface area contributed by atoms with Crippen LogP contribution in [0.3, 0.4) is 0 Å². The fourth-order valence-electron chi connectivity index (χ4n) is 3.64. The second-order valence-electron chi connectivity index (χ2n) is 6.64. The molecule has 2 N–H and O–H groups in total. The topological polar surface area (TPSA) is 166 Å². The number of amides is 3. The van der Waals surface area contributed by atoms with Crippen molar-refractivity contribution in [3.05, 3.63) is 59.7 Å². The van der Waals surface area contributed by atoms with E-state index >= 15 is 0 Å². The van der Waals surface area contributed by atoms with Gasteiger partial charge in [0.25, 0.3) is 0 Å². The average Bonchev–Trinajstić information content (AvgIpc) is 2.94. The Morgan fingerprint density at radius 1 is 1.12 bits per heavy atom. The number of rotatable bonds is 5. The Balaban J connectivity index is 0.00000289. The van der Waals surface area contributed by atoms with Gasteiger partial charge in [0, 0.05) is 11.3 Å². The molecule has 0 spiro atoms. The number of hydrogen-bond donors (Lipinski definition) is 2. The van der Waals surface area contributed by atoms with Crippen LogP contribution in [0.1, 0.15) is 23.2 Å². The molecule has 1 saturated heterocycles. The van der Waals surface area contributed by atoms with Crippen molar-refractivity contribution >= 4 is 34.2 Å². The van der Waals surface area contributed by atoms with Crippen molar-refractivity contribution < 1.29 is 71.0 Å². The molecule has 12 nitrogen and oxygen atoms in total. The minimum atomic E-state index is -5.10. The summed E-state index contributed by atoms with van der Waals surface area (Å²) in [5, 5.41) is 14.6. The number of urea groups is 1. The van der Waals surface area contributed by atoms with Crippen LogP contribution in [0, 0.1) is 0 Å². The standard InChI is InChI=1S/C18H15N3O9S.Na/c22-16(23)15-11-7-4-8-13(29-17(24)19-10-5-2-1-3-6-10)14(11)12-9-20(15)18(25)21(12)30-31(26,27)28;/h1-8,12,15H,9H2,(H,19,24)(H,22,23)(H,26,27,28);/q;+1/p-1/t12-,15+;/m0./s1. The van der Waals surface area contributed by atoms with Crippen molar-refractivity contribution in [1.82, 2.24) is 9.96 Å². The molecule has 2 atom stereocenters. The van der Waals surface area contributed by atoms with Crippen molar-refractivity contribution in [3.63, 3.8) is 0 Å². The van der Waals surface area contributed by atoms with Crippen LogP contribution < -0.4 is 44.7 Å². The number of carbonyl (C=O) groups excluding carboxylic acids is 3. The first kappa shape index (κ1) is 24.0. The average molecular weight is 471 g/mol. The molecule has 4 rings (SSSR count). The molecule has 14 heteroatoms. The summed E-state index contributed by atoms with van der Waals surface area (Å²) in [6.07, 6.45) is -0.904. The van der Waals surface area contributed by atoms with Gasteiger partial charge in [-0.2, -0.15) is 13.5 Å². The number of aliphatic carboxylic acids is 1. The minimum Gasteiger partial charge on any atom is -0.548 e. The van der Waals surface area contributed by atoms with E-state index in [4.69, 9.17) is 9.29 Å². The van der Waals surface area contributed by atoms with E-state index in [9.17, 15) is 27.9 Å². The van der Waals surface area contributed by atoms with Gasteiger partial charge < -0.3 is 19.5 Å². The van der Waals surface area contributed by atoms with Gasteiger partial charge in [-0.15, -0.1) is 4.28 Å². The van der Waals surface area contributed by atoms with Gasteiger partial charge in [-0.05, 0) is 23.8 Å². The van der Waals surface area contributed by atoms with Crippen LogP contribution in [0.2, 0.25) is 0 Å². The molecule has 3 amide bonds. The number of anilines is 1. The van der Waals surface area contributed by atoms with Crippen LogP contribution >= 0.6 is 0 Å². The first-order valence-electron chi connectivity index (χ1n) is 8.80. The number of para-hydroxylation sites is 1. The molecule has 1 fully saturated rings. The van der Waals surface area contributed by atoms with E-state index in [0.29, 0.717) is 10.8 Å². The summed E-state index contributed by atoms with van der Waals surface area (Å²) in [6.45, 7) is -0.305. The van der Waals surface area contributed by atoms with E-state index in [0.717, 1.165) is 4.90 Å². The SMILES string of the molecule is O=C(Nc1ccccc1)Oc1cccc2c1[C@@H]1CN(C(=O)N1OS(=O)(=O)O)[C@H]2C(=O)[O-].[Na+]. The number of benzene rings is 2. The predicted octanol–water partition coefficient (Wildman–Crippen LogP) is -2.38. The first-order valence-corrected chi connectivity index (χ1v) is 10.2. The van der Waals surface area contributed by atoms with Gasteiger partial charge in [0.15, 0.2) is 0 Å². The van der Waals surface area contributed by atoms with Crippen LogP contribution in [0.15, 0.2) is 48.5 Å². The molecule has 0 saturated carbocycles. The third-order valence-corrected chi connectivity index (χ3v) is 5.10. The summed E-state index contributed by atoms with van der Waals surface area (Å²) in [5.41, 5.74) is 0.519. The molecule has 0 unspecified atom stereocenters. The number of nitrogens with one attached hydrogen (secondary N) is 1. The third-order valence-electron chi connectivity index (χ3n) is 4.75. The molecule has 2 aliphatic rings. The molecule has 0 aliphatic carbocycles. The second-order valence-corrected chi connectivity index (χ2v) is 7.64. The van der Waals surface area contributed by atoms with E-state index < -0.39 is 40.6 Å². The Morgan fingerprint density at radius 2 is 1.81 bits per heavy atom. The molecular formula is C18H14N3NaO9S. The molecule has 32 heavy (non-hydrogen) atoms.